The van der Waals surface area contributed by atoms with Crippen molar-refractivity contribution in [3.8, 4) is 5.75 Å². The van der Waals surface area contributed by atoms with Crippen LogP contribution in [-0.4, -0.2) is 70.0 Å². The van der Waals surface area contributed by atoms with Crippen LogP contribution in [0.1, 0.15) is 26.3 Å². The molecule has 0 saturated heterocycles. The number of benzene rings is 3. The van der Waals surface area contributed by atoms with Crippen LogP contribution in [-0.2, 0) is 20.2 Å². The molecule has 0 saturated carbocycles. The number of aromatic carboxylic acids is 1. The quantitative estimate of drug-likeness (QED) is 0.0389. The highest BCUT2D eigenvalue weighted by atomic mass is 32.2. The van der Waals surface area contributed by atoms with Crippen LogP contribution in [0.5, 0.6) is 5.75 Å². The normalized spacial score (nSPS) is 15.9. The predicted octanol–water partition coefficient (Wildman–Crippen LogP) is 5.48. The van der Waals surface area contributed by atoms with Gasteiger partial charge in [0.05, 0.1) is 39.0 Å². The summed E-state index contributed by atoms with van der Waals surface area (Å²) in [5, 5.41) is 49.4. The third-order valence-corrected chi connectivity index (χ3v) is 9.79. The number of nitro groups is 1. The predicted molar refractivity (Wildman–Crippen MR) is 206 cm³/mol. The molecule has 0 spiro atoms. The van der Waals surface area contributed by atoms with Gasteiger partial charge in [-0.25, -0.2) is 4.79 Å². The van der Waals surface area contributed by atoms with Gasteiger partial charge in [0.25, 0.3) is 25.9 Å². The van der Waals surface area contributed by atoms with E-state index in [4.69, 9.17) is 5.73 Å². The van der Waals surface area contributed by atoms with Gasteiger partial charge in [0.15, 0.2) is 5.71 Å². The van der Waals surface area contributed by atoms with E-state index in [1.54, 1.807) is 36.5 Å². The zero-order valence-corrected chi connectivity index (χ0v) is 30.1. The largest absolute Gasteiger partial charge is 0.507 e. The Morgan fingerprint density at radius 1 is 0.807 bits per heavy atom. The van der Waals surface area contributed by atoms with Gasteiger partial charge in [0.2, 0.25) is 5.78 Å². The molecular weight excluding hydrogens is 789 g/mol. The number of nitro benzene ring substituents is 1. The van der Waals surface area contributed by atoms with Crippen molar-refractivity contribution >= 4 is 83.6 Å². The molecule has 6 rings (SSSR count). The summed E-state index contributed by atoms with van der Waals surface area (Å²) < 4.78 is 69.4. The fraction of sp³-hybridized carbons (Fsp3) is 0. The van der Waals surface area contributed by atoms with Crippen molar-refractivity contribution in [2.24, 2.45) is 25.5 Å². The second-order valence-electron chi connectivity index (χ2n) is 11.8. The lowest BCUT2D eigenvalue weighted by molar-refractivity contribution is -0.384. The van der Waals surface area contributed by atoms with E-state index < -0.39 is 74.9 Å². The lowest BCUT2D eigenvalue weighted by Crippen LogP contribution is -2.27. The number of nitrogens with two attached hydrogens (primary N) is 1. The number of nitrogens with one attached hydrogen (secondary N) is 1. The molecular formula is C35H24N8O12S2. The number of nitrogen functional groups attached to an aromatic ring is 1. The van der Waals surface area contributed by atoms with Gasteiger partial charge < -0.3 is 15.9 Å². The number of carbonyl (C=O) groups is 2. The zero-order chi connectivity index (χ0) is 41.2. The topological polar surface area (TPSA) is 326 Å². The number of azo groups is 1. The maximum atomic E-state index is 13.8. The number of allylic oxidation sites excluding steroid dienone is 11. The average Bonchev–Trinajstić information content (AvgIpc) is 3.16. The molecule has 0 heterocycles. The van der Waals surface area contributed by atoms with E-state index in [2.05, 4.69) is 31.0 Å². The van der Waals surface area contributed by atoms with Gasteiger partial charge in [-0.2, -0.15) is 32.2 Å². The van der Waals surface area contributed by atoms with Crippen molar-refractivity contribution in [1.82, 2.24) is 0 Å². The number of hydrogen-bond acceptors (Lipinski definition) is 16. The minimum atomic E-state index is -5.19. The number of fused-ring (bicyclic) bond motifs is 1. The minimum absolute atomic E-state index is 0.00302. The molecule has 57 heavy (non-hydrogen) atoms. The Morgan fingerprint density at radius 3 is 1.98 bits per heavy atom. The molecule has 7 N–H and O–H groups in total. The summed E-state index contributed by atoms with van der Waals surface area (Å²) in [6, 6.07) is 9.16. The highest BCUT2D eigenvalue weighted by molar-refractivity contribution is 7.91. The summed E-state index contributed by atoms with van der Waals surface area (Å²) in [7, 11) is -10.3. The van der Waals surface area contributed by atoms with Crippen LogP contribution in [0.25, 0.3) is 6.08 Å². The lowest BCUT2D eigenvalue weighted by Gasteiger charge is -2.19. The van der Waals surface area contributed by atoms with Crippen molar-refractivity contribution in [3.63, 3.8) is 0 Å². The zero-order valence-electron chi connectivity index (χ0n) is 28.4. The maximum absolute atomic E-state index is 13.8. The van der Waals surface area contributed by atoms with E-state index in [1.165, 1.54) is 42.5 Å². The average molecular weight is 813 g/mol. The summed E-state index contributed by atoms with van der Waals surface area (Å²) in [5.41, 5.74) is 7.51. The number of aromatic hydroxyl groups is 1. The Hall–Kier alpha value is -7.53. The molecule has 20 nitrogen and oxygen atoms in total. The number of non-ortho nitro benzene ring substituents is 1. The minimum Gasteiger partial charge on any atom is -0.507 e. The SMILES string of the molecule is Nc1c(N=Nc2ccc([N+](=O)[O-])cc2)c(S(=O)(=O)O)cc2c1C(=O)C(=NN=C1C=CC(=C3C=CC(=NNc4ccc(O)c(C(=O)O)c4)C=C3)C=C1)C(S(=O)(=O)O)=C2. The number of carboxylic acids is 1. The summed E-state index contributed by atoms with van der Waals surface area (Å²) in [5.74, 6) is -2.90. The summed E-state index contributed by atoms with van der Waals surface area (Å²) in [6.07, 6.45) is 13.8. The molecule has 0 radical (unpaired) electrons. The molecule has 0 amide bonds. The van der Waals surface area contributed by atoms with E-state index in [1.807, 2.05) is 0 Å². The number of anilines is 2. The summed E-state index contributed by atoms with van der Waals surface area (Å²) >= 11 is 0. The number of hydrazone groups is 1. The molecule has 0 aromatic heterocycles. The number of phenols is 1. The van der Waals surface area contributed by atoms with Gasteiger partial charge in [-0.15, -0.1) is 10.2 Å². The van der Waals surface area contributed by atoms with Crippen molar-refractivity contribution in [2.45, 2.75) is 4.90 Å². The van der Waals surface area contributed by atoms with Crippen LogP contribution in [0.2, 0.25) is 0 Å². The number of carbonyl (C=O) groups excluding carboxylic acids is 1. The van der Waals surface area contributed by atoms with Crippen LogP contribution in [0.4, 0.5) is 28.4 Å². The number of Topliss-reactive ketones (excluding diaryl/α,β-unsaturated/α-hetero) is 1. The van der Waals surface area contributed by atoms with E-state index in [0.29, 0.717) is 23.0 Å². The maximum Gasteiger partial charge on any atom is 0.339 e. The third-order valence-electron chi connectivity index (χ3n) is 8.05. The van der Waals surface area contributed by atoms with Crippen LogP contribution in [0, 0.1) is 10.1 Å². The fourth-order valence-electron chi connectivity index (χ4n) is 5.30. The standard InChI is InChI=1S/C35H24N8O12S2/c36-31-30-20(15-28(56(50,51)52)32(31)41-38-23-9-12-25(13-10-23)43(48)49)16-29(57(53,54)55)33(34(30)45)42-39-22-7-3-19(4-8-22)18-1-5-21(6-2-18)37-40-24-11-14-27(44)26(17-24)35(46)47/h1-17,40,44H,36H2,(H,46,47)(H,50,51,52)(H,53,54,55). The molecule has 3 aliphatic rings. The monoisotopic (exact) mass is 812 g/mol. The smallest absolute Gasteiger partial charge is 0.339 e. The van der Waals surface area contributed by atoms with Gasteiger partial charge in [-0.05, 0) is 83.5 Å². The fourth-order valence-corrected chi connectivity index (χ4v) is 6.62. The van der Waals surface area contributed by atoms with Gasteiger partial charge in [0.1, 0.15) is 26.8 Å². The molecule has 3 aliphatic carbocycles. The molecule has 22 heteroatoms. The van der Waals surface area contributed by atoms with Crippen molar-refractivity contribution in [1.29, 1.82) is 0 Å². The number of ketones is 1. The van der Waals surface area contributed by atoms with Crippen molar-refractivity contribution < 1.29 is 50.7 Å². The highest BCUT2D eigenvalue weighted by Gasteiger charge is 2.37. The first kappa shape index (κ1) is 39.2. The molecule has 0 bridgehead atoms. The molecule has 0 aliphatic heterocycles. The summed E-state index contributed by atoms with van der Waals surface area (Å²) in [6.45, 7) is 0. The van der Waals surface area contributed by atoms with Gasteiger partial charge >= 0.3 is 5.97 Å². The highest BCUT2D eigenvalue weighted by Crippen LogP contribution is 2.41. The van der Waals surface area contributed by atoms with Gasteiger partial charge in [-0.1, -0.05) is 24.3 Å². The van der Waals surface area contributed by atoms with Crippen LogP contribution >= 0.6 is 0 Å². The van der Waals surface area contributed by atoms with E-state index in [0.717, 1.165) is 23.8 Å². The van der Waals surface area contributed by atoms with Gasteiger partial charge in [-0.3, -0.25) is 29.4 Å². The Bertz CT molecular complexity index is 2810. The third kappa shape index (κ3) is 8.58. The number of carboxylic acid groups (broad SMARTS) is 1. The molecule has 0 fully saturated rings. The molecule has 3 aromatic rings. The second-order valence-corrected chi connectivity index (χ2v) is 14.5. The number of nitrogens with zero attached hydrogens (tertiary/aromatic N) is 6. The second kappa shape index (κ2) is 15.3. The van der Waals surface area contributed by atoms with Crippen molar-refractivity contribution in [3.05, 3.63) is 140 Å². The number of hydrogen-bond donors (Lipinski definition) is 6. The Labute approximate surface area is 320 Å². The first-order valence-electron chi connectivity index (χ1n) is 15.8. The first-order valence-corrected chi connectivity index (χ1v) is 18.7. The number of rotatable bonds is 9. The van der Waals surface area contributed by atoms with Crippen molar-refractivity contribution in [2.75, 3.05) is 11.2 Å². The lowest BCUT2D eigenvalue weighted by atomic mass is 9.92. The molecule has 3 aromatic carbocycles. The Balaban J connectivity index is 1.27. The van der Waals surface area contributed by atoms with Gasteiger partial charge in [0, 0.05) is 12.1 Å². The molecule has 0 atom stereocenters. The van der Waals surface area contributed by atoms with Crippen LogP contribution in [0.15, 0.2) is 144 Å². The molecule has 288 valence electrons. The Kier molecular flexibility index (Phi) is 10.5. The Morgan fingerprint density at radius 2 is 1.42 bits per heavy atom. The summed E-state index contributed by atoms with van der Waals surface area (Å²) in [4.78, 5) is 33.3. The van der Waals surface area contributed by atoms with E-state index >= 15 is 0 Å². The van der Waals surface area contributed by atoms with E-state index in [9.17, 15) is 55.9 Å². The van der Waals surface area contributed by atoms with E-state index in [-0.39, 0.29) is 28.4 Å². The first-order chi connectivity index (χ1) is 26.9. The van der Waals surface area contributed by atoms with Crippen LogP contribution < -0.4 is 11.2 Å². The molecule has 0 unspecified atom stereocenters. The van der Waals surface area contributed by atoms with Crippen LogP contribution in [0.3, 0.4) is 0 Å².